The van der Waals surface area contributed by atoms with Crippen LogP contribution in [0.25, 0.3) is 0 Å². The molecule has 0 radical (unpaired) electrons. The average molecular weight is 382 g/mol. The fraction of sp³-hybridized carbons (Fsp3) is 0.200. The molecule has 27 heavy (non-hydrogen) atoms. The Bertz CT molecular complexity index is 883. The van der Waals surface area contributed by atoms with E-state index in [0.717, 1.165) is 26.2 Å². The standard InChI is InChI=1S/C20H20ClN5O/c21-18-12-16(6-7-19(18)23)24-20(27)15(13-22)14-25-8-10-26(11-9-25)17-4-2-1-3-5-17/h1-7,12,14H,8-11,23H2,(H,24,27)/b15-14-. The predicted molar refractivity (Wildman–Crippen MR) is 108 cm³/mol. The molecule has 138 valence electrons. The van der Waals surface area contributed by atoms with E-state index in [2.05, 4.69) is 22.3 Å². The number of halogens is 1. The summed E-state index contributed by atoms with van der Waals surface area (Å²) in [4.78, 5) is 16.7. The first-order valence-electron chi connectivity index (χ1n) is 8.59. The third kappa shape index (κ3) is 4.72. The minimum Gasteiger partial charge on any atom is -0.398 e. The average Bonchev–Trinajstić information content (AvgIpc) is 2.70. The molecule has 0 spiro atoms. The van der Waals surface area contributed by atoms with Gasteiger partial charge in [0.1, 0.15) is 11.6 Å². The van der Waals surface area contributed by atoms with E-state index in [1.165, 1.54) is 5.69 Å². The zero-order valence-electron chi connectivity index (χ0n) is 14.7. The van der Waals surface area contributed by atoms with E-state index in [1.54, 1.807) is 24.4 Å². The van der Waals surface area contributed by atoms with Crippen LogP contribution in [0.1, 0.15) is 0 Å². The summed E-state index contributed by atoms with van der Waals surface area (Å²) in [5.41, 5.74) is 7.82. The first-order chi connectivity index (χ1) is 13.1. The molecular weight excluding hydrogens is 362 g/mol. The zero-order chi connectivity index (χ0) is 19.2. The van der Waals surface area contributed by atoms with Crippen LogP contribution in [-0.2, 0) is 4.79 Å². The van der Waals surface area contributed by atoms with E-state index in [4.69, 9.17) is 17.3 Å². The number of nitrogen functional groups attached to an aromatic ring is 1. The molecule has 2 aromatic carbocycles. The molecule has 0 unspecified atom stereocenters. The van der Waals surface area contributed by atoms with Gasteiger partial charge in [-0.05, 0) is 30.3 Å². The van der Waals surface area contributed by atoms with Crippen LogP contribution in [0.3, 0.4) is 0 Å². The quantitative estimate of drug-likeness (QED) is 0.483. The van der Waals surface area contributed by atoms with Crippen molar-refractivity contribution >= 4 is 34.6 Å². The topological polar surface area (TPSA) is 85.4 Å². The van der Waals surface area contributed by atoms with Crippen LogP contribution < -0.4 is 16.0 Å². The van der Waals surface area contributed by atoms with Crippen molar-refractivity contribution in [2.75, 3.05) is 42.1 Å². The molecule has 2 aromatic rings. The van der Waals surface area contributed by atoms with Crippen LogP contribution in [0.15, 0.2) is 60.3 Å². The number of hydrogen-bond acceptors (Lipinski definition) is 5. The summed E-state index contributed by atoms with van der Waals surface area (Å²) >= 11 is 5.96. The first-order valence-corrected chi connectivity index (χ1v) is 8.97. The maximum atomic E-state index is 12.4. The number of rotatable bonds is 4. The van der Waals surface area contributed by atoms with Gasteiger partial charge in [0, 0.05) is 43.8 Å². The maximum absolute atomic E-state index is 12.4. The third-order valence-corrected chi connectivity index (χ3v) is 4.70. The number of anilines is 3. The summed E-state index contributed by atoms with van der Waals surface area (Å²) in [6.45, 7) is 3.13. The second-order valence-corrected chi connectivity index (χ2v) is 6.61. The molecule has 0 saturated carbocycles. The smallest absolute Gasteiger partial charge is 0.267 e. The van der Waals surface area contributed by atoms with Crippen molar-refractivity contribution in [3.05, 3.63) is 65.3 Å². The normalized spacial score (nSPS) is 14.6. The van der Waals surface area contributed by atoms with Gasteiger partial charge in [-0.15, -0.1) is 0 Å². The fourth-order valence-corrected chi connectivity index (χ4v) is 3.05. The van der Waals surface area contributed by atoms with Crippen molar-refractivity contribution in [2.24, 2.45) is 0 Å². The van der Waals surface area contributed by atoms with Crippen molar-refractivity contribution in [3.8, 4) is 6.07 Å². The number of carbonyl (C=O) groups excluding carboxylic acids is 1. The van der Waals surface area contributed by atoms with Crippen LogP contribution in [0.2, 0.25) is 5.02 Å². The van der Waals surface area contributed by atoms with E-state index in [0.29, 0.717) is 16.4 Å². The lowest BCUT2D eigenvalue weighted by Gasteiger charge is -2.35. The number of nitrogens with two attached hydrogens (primary N) is 1. The lowest BCUT2D eigenvalue weighted by molar-refractivity contribution is -0.112. The van der Waals surface area contributed by atoms with Gasteiger partial charge < -0.3 is 20.9 Å². The first kappa shape index (κ1) is 18.6. The summed E-state index contributed by atoms with van der Waals surface area (Å²) in [6.07, 6.45) is 1.62. The molecule has 1 aliphatic rings. The molecule has 1 heterocycles. The second kappa shape index (κ2) is 8.47. The molecule has 0 atom stereocenters. The Balaban J connectivity index is 1.62. The highest BCUT2D eigenvalue weighted by Crippen LogP contribution is 2.23. The largest absolute Gasteiger partial charge is 0.398 e. The van der Waals surface area contributed by atoms with Gasteiger partial charge in [0.15, 0.2) is 0 Å². The molecule has 6 nitrogen and oxygen atoms in total. The van der Waals surface area contributed by atoms with Crippen LogP contribution in [0, 0.1) is 11.3 Å². The summed E-state index contributed by atoms with van der Waals surface area (Å²) in [5, 5.41) is 12.4. The van der Waals surface area contributed by atoms with Gasteiger partial charge in [-0.3, -0.25) is 4.79 Å². The second-order valence-electron chi connectivity index (χ2n) is 6.20. The number of amides is 1. The number of hydrogen-bond donors (Lipinski definition) is 2. The van der Waals surface area contributed by atoms with Gasteiger partial charge in [-0.2, -0.15) is 5.26 Å². The van der Waals surface area contributed by atoms with Crippen LogP contribution in [-0.4, -0.2) is 37.0 Å². The summed E-state index contributed by atoms with van der Waals surface area (Å²) in [5.74, 6) is -0.469. The van der Waals surface area contributed by atoms with E-state index in [9.17, 15) is 10.1 Å². The van der Waals surface area contributed by atoms with E-state index in [-0.39, 0.29) is 5.57 Å². The summed E-state index contributed by atoms with van der Waals surface area (Å²) in [7, 11) is 0. The molecule has 1 amide bonds. The SMILES string of the molecule is N#C/C(=C/N1CCN(c2ccccc2)CC1)C(=O)Nc1ccc(N)c(Cl)c1. The Morgan fingerprint density at radius 1 is 1.15 bits per heavy atom. The molecule has 0 aliphatic carbocycles. The van der Waals surface area contributed by atoms with Gasteiger partial charge in [0.05, 0.1) is 10.7 Å². The van der Waals surface area contributed by atoms with Gasteiger partial charge >= 0.3 is 0 Å². The Morgan fingerprint density at radius 3 is 2.48 bits per heavy atom. The predicted octanol–water partition coefficient (Wildman–Crippen LogP) is 3.09. The molecule has 0 aromatic heterocycles. The van der Waals surface area contributed by atoms with Crippen molar-refractivity contribution < 1.29 is 4.79 Å². The number of nitriles is 1. The Morgan fingerprint density at radius 2 is 1.85 bits per heavy atom. The Labute approximate surface area is 163 Å². The fourth-order valence-electron chi connectivity index (χ4n) is 2.87. The zero-order valence-corrected chi connectivity index (χ0v) is 15.5. The molecule has 0 bridgehead atoms. The molecule has 3 N–H and O–H groups in total. The molecule has 7 heteroatoms. The molecule has 1 saturated heterocycles. The Kier molecular flexibility index (Phi) is 5.84. The van der Waals surface area contributed by atoms with Crippen molar-refractivity contribution in [1.82, 2.24) is 4.90 Å². The monoisotopic (exact) mass is 381 g/mol. The highest BCUT2D eigenvalue weighted by atomic mass is 35.5. The molecule has 1 aliphatic heterocycles. The maximum Gasteiger partial charge on any atom is 0.267 e. The summed E-state index contributed by atoms with van der Waals surface area (Å²) in [6, 6.07) is 17.0. The number of piperazine rings is 1. The van der Waals surface area contributed by atoms with Crippen LogP contribution >= 0.6 is 11.6 Å². The van der Waals surface area contributed by atoms with Gasteiger partial charge in [-0.25, -0.2) is 0 Å². The lowest BCUT2D eigenvalue weighted by atomic mass is 10.2. The van der Waals surface area contributed by atoms with E-state index in [1.807, 2.05) is 29.2 Å². The van der Waals surface area contributed by atoms with Crippen molar-refractivity contribution in [3.63, 3.8) is 0 Å². The van der Waals surface area contributed by atoms with Gasteiger partial charge in [0.25, 0.3) is 5.91 Å². The third-order valence-electron chi connectivity index (χ3n) is 4.37. The van der Waals surface area contributed by atoms with Gasteiger partial charge in [-0.1, -0.05) is 29.8 Å². The number of nitrogens with zero attached hydrogens (tertiary/aromatic N) is 3. The van der Waals surface area contributed by atoms with Gasteiger partial charge in [0.2, 0.25) is 0 Å². The number of carbonyl (C=O) groups is 1. The minimum atomic E-state index is -0.469. The lowest BCUT2D eigenvalue weighted by Crippen LogP contribution is -2.44. The van der Waals surface area contributed by atoms with Crippen LogP contribution in [0.5, 0.6) is 0 Å². The number of benzene rings is 2. The number of para-hydroxylation sites is 1. The highest BCUT2D eigenvalue weighted by Gasteiger charge is 2.17. The highest BCUT2D eigenvalue weighted by molar-refractivity contribution is 6.33. The van der Waals surface area contributed by atoms with Crippen molar-refractivity contribution in [2.45, 2.75) is 0 Å². The van der Waals surface area contributed by atoms with E-state index < -0.39 is 5.91 Å². The van der Waals surface area contributed by atoms with E-state index >= 15 is 0 Å². The van der Waals surface area contributed by atoms with Crippen LogP contribution in [0.4, 0.5) is 17.1 Å². The minimum absolute atomic E-state index is 0.0520. The molecular formula is C20H20ClN5O. The Hall–Kier alpha value is -3.17. The number of nitrogens with one attached hydrogen (secondary N) is 1. The summed E-state index contributed by atoms with van der Waals surface area (Å²) < 4.78 is 0. The van der Waals surface area contributed by atoms with Crippen molar-refractivity contribution in [1.29, 1.82) is 5.26 Å². The molecule has 1 fully saturated rings. The molecule has 3 rings (SSSR count).